The molecule has 1 heterocycles. The van der Waals surface area contributed by atoms with E-state index in [0.29, 0.717) is 24.5 Å². The van der Waals surface area contributed by atoms with Gasteiger partial charge in [-0.15, -0.1) is 0 Å². The topological polar surface area (TPSA) is 47.0 Å². The Labute approximate surface area is 245 Å². The SMILES string of the molecule is Cc1c(C(=O)CCCc2ccc(-c3cccnc3)cc2)ccc2c1[C@]13CCC(CC4CC4)[C@H](C2)[C@]1(C)CCC(=O)C3. The number of rotatable bonds is 8. The lowest BCUT2D eigenvalue weighted by molar-refractivity contribution is -0.136. The zero-order valence-corrected chi connectivity index (χ0v) is 24.8. The normalized spacial score (nSPS) is 28.6. The molecule has 3 aromatic rings. The zero-order chi connectivity index (χ0) is 28.2. The first kappa shape index (κ1) is 26.8. The minimum atomic E-state index is -0.0863. The molecule has 0 N–H and O–H groups in total. The molecule has 3 heteroatoms. The van der Waals surface area contributed by atoms with Crippen LogP contribution in [0.1, 0.15) is 104 Å². The summed E-state index contributed by atoms with van der Waals surface area (Å²) in [5, 5.41) is 0. The highest BCUT2D eigenvalue weighted by Crippen LogP contribution is 2.68. The molecular formula is C38H43NO2. The molecule has 41 heavy (non-hydrogen) atoms. The molecular weight excluding hydrogens is 502 g/mol. The Balaban J connectivity index is 1.11. The largest absolute Gasteiger partial charge is 0.300 e. The fourth-order valence-corrected chi connectivity index (χ4v) is 9.42. The molecule has 2 aromatic carbocycles. The van der Waals surface area contributed by atoms with Crippen LogP contribution in [0.4, 0.5) is 0 Å². The van der Waals surface area contributed by atoms with Gasteiger partial charge in [-0.2, -0.15) is 0 Å². The molecule has 0 radical (unpaired) electrons. The van der Waals surface area contributed by atoms with Crippen LogP contribution in [-0.2, 0) is 23.1 Å². The molecule has 2 bridgehead atoms. The second kappa shape index (κ2) is 10.3. The highest BCUT2D eigenvalue weighted by molar-refractivity contribution is 5.98. The minimum Gasteiger partial charge on any atom is -0.300 e. The average molecular weight is 546 g/mol. The first-order chi connectivity index (χ1) is 19.9. The summed E-state index contributed by atoms with van der Waals surface area (Å²) in [7, 11) is 0. The van der Waals surface area contributed by atoms with Crippen molar-refractivity contribution >= 4 is 11.6 Å². The van der Waals surface area contributed by atoms with Crippen molar-refractivity contribution in [2.75, 3.05) is 0 Å². The smallest absolute Gasteiger partial charge is 0.163 e. The summed E-state index contributed by atoms with van der Waals surface area (Å²) < 4.78 is 0. The maximum Gasteiger partial charge on any atom is 0.163 e. The van der Waals surface area contributed by atoms with Gasteiger partial charge in [0.1, 0.15) is 5.78 Å². The van der Waals surface area contributed by atoms with Crippen LogP contribution < -0.4 is 0 Å². The number of ketones is 2. The van der Waals surface area contributed by atoms with Gasteiger partial charge in [0.25, 0.3) is 0 Å². The molecule has 212 valence electrons. The lowest BCUT2D eigenvalue weighted by Gasteiger charge is -2.65. The van der Waals surface area contributed by atoms with E-state index in [-0.39, 0.29) is 16.6 Å². The molecule has 3 fully saturated rings. The maximum atomic E-state index is 13.7. The van der Waals surface area contributed by atoms with Crippen LogP contribution in [0.25, 0.3) is 11.1 Å². The van der Waals surface area contributed by atoms with E-state index >= 15 is 0 Å². The fourth-order valence-electron chi connectivity index (χ4n) is 9.42. The molecule has 1 aromatic heterocycles. The fraction of sp³-hybridized carbons (Fsp3) is 0.500. The number of pyridine rings is 1. The molecule has 1 unspecified atom stereocenters. The van der Waals surface area contributed by atoms with E-state index < -0.39 is 0 Å². The van der Waals surface area contributed by atoms with Crippen LogP contribution in [0.5, 0.6) is 0 Å². The minimum absolute atomic E-state index is 0.0863. The molecule has 0 spiro atoms. The van der Waals surface area contributed by atoms with Crippen LogP contribution in [0.15, 0.2) is 60.9 Å². The molecule has 0 aliphatic heterocycles. The van der Waals surface area contributed by atoms with Crippen molar-refractivity contribution in [1.82, 2.24) is 4.98 Å². The summed E-state index contributed by atoms with van der Waals surface area (Å²) in [5.41, 5.74) is 8.52. The van der Waals surface area contributed by atoms with E-state index in [9.17, 15) is 9.59 Å². The number of benzene rings is 2. The van der Waals surface area contributed by atoms with Gasteiger partial charge in [0.05, 0.1) is 0 Å². The van der Waals surface area contributed by atoms with Crippen LogP contribution in [0, 0.1) is 30.1 Å². The molecule has 3 saturated carbocycles. The first-order valence-electron chi connectivity index (χ1n) is 16.1. The van der Waals surface area contributed by atoms with E-state index in [2.05, 4.69) is 61.3 Å². The Morgan fingerprint density at radius 3 is 2.59 bits per heavy atom. The van der Waals surface area contributed by atoms with Crippen molar-refractivity contribution in [2.24, 2.45) is 23.2 Å². The lowest BCUT2D eigenvalue weighted by atomic mass is 9.39. The van der Waals surface area contributed by atoms with Gasteiger partial charge in [0, 0.05) is 42.6 Å². The van der Waals surface area contributed by atoms with E-state index in [0.717, 1.165) is 61.5 Å². The van der Waals surface area contributed by atoms with Crippen molar-refractivity contribution in [1.29, 1.82) is 0 Å². The molecule has 4 aliphatic carbocycles. The number of hydrogen-bond acceptors (Lipinski definition) is 3. The molecule has 4 aliphatic rings. The number of aromatic nitrogens is 1. The highest BCUT2D eigenvalue weighted by Gasteiger charge is 2.63. The first-order valence-corrected chi connectivity index (χ1v) is 16.1. The second-order valence-corrected chi connectivity index (χ2v) is 14.0. The van der Waals surface area contributed by atoms with Crippen molar-refractivity contribution in [2.45, 2.75) is 96.3 Å². The summed E-state index contributed by atoms with van der Waals surface area (Å²) in [5.74, 6) is 3.09. The predicted molar refractivity (Wildman–Crippen MR) is 164 cm³/mol. The Morgan fingerprint density at radius 1 is 1.00 bits per heavy atom. The molecule has 7 rings (SSSR count). The lowest BCUT2D eigenvalue weighted by Crippen LogP contribution is -2.61. The number of fused-ring (bicyclic) bond motifs is 1. The number of aryl methyl sites for hydroxylation is 1. The summed E-state index contributed by atoms with van der Waals surface area (Å²) in [6.07, 6.45) is 16.1. The van der Waals surface area contributed by atoms with E-state index in [1.807, 2.05) is 12.3 Å². The monoisotopic (exact) mass is 545 g/mol. The number of nitrogens with zero attached hydrogens (tertiary/aromatic N) is 1. The Kier molecular flexibility index (Phi) is 6.75. The number of hydrogen-bond donors (Lipinski definition) is 0. The zero-order valence-electron chi connectivity index (χ0n) is 24.8. The third-order valence-corrected chi connectivity index (χ3v) is 11.8. The summed E-state index contributed by atoms with van der Waals surface area (Å²) >= 11 is 0. The van der Waals surface area contributed by atoms with Crippen LogP contribution in [-0.4, -0.2) is 16.6 Å². The van der Waals surface area contributed by atoms with Gasteiger partial charge in [0.15, 0.2) is 5.78 Å². The Morgan fingerprint density at radius 2 is 1.83 bits per heavy atom. The van der Waals surface area contributed by atoms with Gasteiger partial charge >= 0.3 is 0 Å². The van der Waals surface area contributed by atoms with Gasteiger partial charge in [0.2, 0.25) is 0 Å². The summed E-state index contributed by atoms with van der Waals surface area (Å²) in [6, 6.07) is 17.1. The maximum absolute atomic E-state index is 13.7. The number of carbonyl (C=O) groups excluding carboxylic acids is 2. The average Bonchev–Trinajstić information content (AvgIpc) is 3.80. The molecule has 0 amide bonds. The Bertz CT molecular complexity index is 1470. The van der Waals surface area contributed by atoms with Crippen LogP contribution >= 0.6 is 0 Å². The van der Waals surface area contributed by atoms with Gasteiger partial charge in [-0.1, -0.05) is 62.2 Å². The third kappa shape index (κ3) is 4.60. The van der Waals surface area contributed by atoms with Gasteiger partial charge in [-0.25, -0.2) is 0 Å². The summed E-state index contributed by atoms with van der Waals surface area (Å²) in [6.45, 7) is 4.72. The van der Waals surface area contributed by atoms with Crippen molar-refractivity contribution in [3.63, 3.8) is 0 Å². The summed E-state index contributed by atoms with van der Waals surface area (Å²) in [4.78, 5) is 31.0. The van der Waals surface area contributed by atoms with E-state index in [1.165, 1.54) is 53.5 Å². The number of carbonyl (C=O) groups is 2. The van der Waals surface area contributed by atoms with Crippen LogP contribution in [0.3, 0.4) is 0 Å². The standard InChI is InChI=1S/C38H43NO2/c1-25-33(35(41)7-3-5-26-10-12-28(13-11-26)31-6-4-20-39-24-31)15-14-30-22-34-29(21-27-8-9-27)16-19-38(36(25)30)23-32(40)17-18-37(34,38)2/h4,6,10-15,20,24,27,29,34H,3,5,7-9,16-19,21-23H2,1-2H3/t29?,34-,37-,38+/m0/s1. The van der Waals surface area contributed by atoms with Crippen molar-refractivity contribution in [3.8, 4) is 11.1 Å². The van der Waals surface area contributed by atoms with Gasteiger partial charge < -0.3 is 0 Å². The Hall–Kier alpha value is -3.07. The highest BCUT2D eigenvalue weighted by atomic mass is 16.1. The molecule has 0 saturated heterocycles. The third-order valence-electron chi connectivity index (χ3n) is 11.8. The quantitative estimate of drug-likeness (QED) is 0.266. The van der Waals surface area contributed by atoms with E-state index in [4.69, 9.17) is 0 Å². The number of Topliss-reactive ketones (excluding diaryl/α,β-unsaturated/α-hetero) is 2. The van der Waals surface area contributed by atoms with Crippen molar-refractivity contribution in [3.05, 3.63) is 88.7 Å². The van der Waals surface area contributed by atoms with Crippen molar-refractivity contribution < 1.29 is 9.59 Å². The van der Waals surface area contributed by atoms with Gasteiger partial charge in [-0.3, -0.25) is 14.6 Å². The van der Waals surface area contributed by atoms with E-state index in [1.54, 1.807) is 6.20 Å². The van der Waals surface area contributed by atoms with Crippen LogP contribution in [0.2, 0.25) is 0 Å². The molecule has 4 atom stereocenters. The van der Waals surface area contributed by atoms with Gasteiger partial charge in [-0.05, 0) is 114 Å². The predicted octanol–water partition coefficient (Wildman–Crippen LogP) is 8.64. The second-order valence-electron chi connectivity index (χ2n) is 14.0. The molecule has 3 nitrogen and oxygen atoms in total.